The average Bonchev–Trinajstić information content (AvgIpc) is 2.38. The molecule has 1 unspecified atom stereocenters. The maximum Gasteiger partial charge on any atom is 0.347 e. The van der Waals surface area contributed by atoms with Crippen LogP contribution >= 0.6 is 0 Å². The highest BCUT2D eigenvalue weighted by atomic mass is 16.6. The van der Waals surface area contributed by atoms with Crippen molar-refractivity contribution in [1.82, 2.24) is 0 Å². The summed E-state index contributed by atoms with van der Waals surface area (Å²) in [5.41, 5.74) is 6.13. The highest BCUT2D eigenvalue weighted by Gasteiger charge is 2.26. The van der Waals surface area contributed by atoms with E-state index in [0.29, 0.717) is 11.4 Å². The van der Waals surface area contributed by atoms with Crippen LogP contribution in [0.2, 0.25) is 0 Å². The van der Waals surface area contributed by atoms with Gasteiger partial charge in [-0.15, -0.1) is 0 Å². The molecular weight excluding hydrogens is 262 g/mol. The molecule has 1 aromatic carbocycles. The number of nitrogens with two attached hydrogens (primary N) is 1. The molecule has 0 spiro atoms. The number of carbonyl (C=O) groups excluding carboxylic acids is 2. The first kappa shape index (κ1) is 15.8. The van der Waals surface area contributed by atoms with Crippen molar-refractivity contribution in [3.8, 4) is 5.75 Å². The van der Waals surface area contributed by atoms with Crippen LogP contribution in [0.1, 0.15) is 20.3 Å². The van der Waals surface area contributed by atoms with Gasteiger partial charge >= 0.3 is 11.9 Å². The molecule has 0 radical (unpaired) electrons. The number of ether oxygens (including phenoxy) is 3. The molecule has 0 aliphatic carbocycles. The molecule has 0 aliphatic heterocycles. The zero-order chi connectivity index (χ0) is 15.0. The first-order valence-electron chi connectivity index (χ1n) is 6.41. The molecule has 0 fully saturated rings. The Morgan fingerprint density at radius 2 is 1.90 bits per heavy atom. The minimum absolute atomic E-state index is 0.207. The van der Waals surface area contributed by atoms with Crippen LogP contribution in [0, 0.1) is 0 Å². The summed E-state index contributed by atoms with van der Waals surface area (Å²) in [4.78, 5) is 23.3. The molecule has 2 N–H and O–H groups in total. The van der Waals surface area contributed by atoms with Gasteiger partial charge in [0.05, 0.1) is 19.6 Å². The monoisotopic (exact) mass is 281 g/mol. The van der Waals surface area contributed by atoms with Gasteiger partial charge in [-0.25, -0.2) is 4.79 Å². The van der Waals surface area contributed by atoms with Gasteiger partial charge in [-0.05, 0) is 26.0 Å². The molecule has 20 heavy (non-hydrogen) atoms. The summed E-state index contributed by atoms with van der Waals surface area (Å²) in [6, 6.07) is 6.60. The Kier molecular flexibility index (Phi) is 6.36. The quantitative estimate of drug-likeness (QED) is 0.602. The smallest absolute Gasteiger partial charge is 0.347 e. The number of hydrogen-bond donors (Lipinski definition) is 1. The van der Waals surface area contributed by atoms with E-state index >= 15 is 0 Å². The Morgan fingerprint density at radius 1 is 1.20 bits per heavy atom. The van der Waals surface area contributed by atoms with E-state index in [2.05, 4.69) is 0 Å². The minimum Gasteiger partial charge on any atom is -0.478 e. The van der Waals surface area contributed by atoms with Gasteiger partial charge in [-0.2, -0.15) is 0 Å². The van der Waals surface area contributed by atoms with E-state index < -0.39 is 18.0 Å². The maximum absolute atomic E-state index is 11.8. The van der Waals surface area contributed by atoms with Crippen molar-refractivity contribution in [2.75, 3.05) is 18.9 Å². The van der Waals surface area contributed by atoms with E-state index in [9.17, 15) is 9.59 Å². The van der Waals surface area contributed by atoms with Crippen molar-refractivity contribution < 1.29 is 23.8 Å². The SMILES string of the molecule is CCOC(=O)CC(Oc1cccc(N)c1)C(=O)OCC. The molecule has 6 heteroatoms. The summed E-state index contributed by atoms with van der Waals surface area (Å²) < 4.78 is 15.2. The summed E-state index contributed by atoms with van der Waals surface area (Å²) in [6.07, 6.45) is -1.25. The van der Waals surface area contributed by atoms with E-state index in [-0.39, 0.29) is 19.6 Å². The Balaban J connectivity index is 2.76. The van der Waals surface area contributed by atoms with Crippen LogP contribution < -0.4 is 10.5 Å². The lowest BCUT2D eigenvalue weighted by atomic mass is 10.2. The molecule has 0 heterocycles. The lowest BCUT2D eigenvalue weighted by molar-refractivity contribution is -0.158. The van der Waals surface area contributed by atoms with E-state index in [0.717, 1.165) is 0 Å². The van der Waals surface area contributed by atoms with Crippen molar-refractivity contribution in [3.05, 3.63) is 24.3 Å². The fourth-order valence-electron chi connectivity index (χ4n) is 1.53. The van der Waals surface area contributed by atoms with Crippen LogP contribution in [-0.2, 0) is 19.1 Å². The molecule has 0 aliphatic rings. The van der Waals surface area contributed by atoms with Crippen molar-refractivity contribution in [2.24, 2.45) is 0 Å². The highest BCUT2D eigenvalue weighted by molar-refractivity contribution is 5.82. The lowest BCUT2D eigenvalue weighted by Gasteiger charge is -2.17. The number of esters is 2. The van der Waals surface area contributed by atoms with E-state index in [1.807, 2.05) is 0 Å². The predicted octanol–water partition coefficient (Wildman–Crippen LogP) is 1.53. The van der Waals surface area contributed by atoms with Crippen molar-refractivity contribution in [2.45, 2.75) is 26.4 Å². The van der Waals surface area contributed by atoms with Crippen molar-refractivity contribution in [3.63, 3.8) is 0 Å². The van der Waals surface area contributed by atoms with E-state index in [1.165, 1.54) is 0 Å². The summed E-state index contributed by atoms with van der Waals surface area (Å²) in [7, 11) is 0. The van der Waals surface area contributed by atoms with Gasteiger partial charge in [0.1, 0.15) is 5.75 Å². The minimum atomic E-state index is -1.05. The zero-order valence-corrected chi connectivity index (χ0v) is 11.6. The molecule has 0 saturated heterocycles. The van der Waals surface area contributed by atoms with Crippen molar-refractivity contribution in [1.29, 1.82) is 0 Å². The van der Waals surface area contributed by atoms with Crippen LogP contribution in [-0.4, -0.2) is 31.3 Å². The Hall–Kier alpha value is -2.24. The van der Waals surface area contributed by atoms with Gasteiger partial charge in [-0.3, -0.25) is 4.79 Å². The standard InChI is InChI=1S/C14H19NO5/c1-3-18-13(16)9-12(14(17)19-4-2)20-11-7-5-6-10(15)8-11/h5-8,12H,3-4,9,15H2,1-2H3. The first-order valence-corrected chi connectivity index (χ1v) is 6.41. The van der Waals surface area contributed by atoms with Gasteiger partial charge in [-0.1, -0.05) is 6.07 Å². The Bertz CT molecular complexity index is 461. The van der Waals surface area contributed by atoms with Gasteiger partial charge in [0, 0.05) is 11.8 Å². The number of anilines is 1. The van der Waals surface area contributed by atoms with E-state index in [4.69, 9.17) is 19.9 Å². The van der Waals surface area contributed by atoms with Crippen LogP contribution in [0.3, 0.4) is 0 Å². The van der Waals surface area contributed by atoms with Gasteiger partial charge in [0.25, 0.3) is 0 Å². The highest BCUT2D eigenvalue weighted by Crippen LogP contribution is 2.18. The van der Waals surface area contributed by atoms with E-state index in [1.54, 1.807) is 38.1 Å². The molecule has 1 atom stereocenters. The number of hydrogen-bond acceptors (Lipinski definition) is 6. The van der Waals surface area contributed by atoms with Crippen LogP contribution in [0.4, 0.5) is 5.69 Å². The summed E-state index contributed by atoms with van der Waals surface area (Å²) >= 11 is 0. The number of nitrogen functional groups attached to an aromatic ring is 1. The molecule has 0 bridgehead atoms. The fourth-order valence-corrected chi connectivity index (χ4v) is 1.53. The van der Waals surface area contributed by atoms with Gasteiger partial charge in [0.15, 0.2) is 0 Å². The largest absolute Gasteiger partial charge is 0.478 e. The normalized spacial score (nSPS) is 11.5. The first-order chi connectivity index (χ1) is 9.56. The second-order valence-corrected chi connectivity index (χ2v) is 3.94. The third-order valence-electron chi connectivity index (χ3n) is 2.34. The Morgan fingerprint density at radius 3 is 2.50 bits per heavy atom. The zero-order valence-electron chi connectivity index (χ0n) is 11.6. The van der Waals surface area contributed by atoms with Gasteiger partial charge in [0.2, 0.25) is 6.10 Å². The second kappa shape index (κ2) is 8.04. The third-order valence-corrected chi connectivity index (χ3v) is 2.34. The second-order valence-electron chi connectivity index (χ2n) is 3.94. The molecule has 0 aromatic heterocycles. The molecule has 0 saturated carbocycles. The summed E-state index contributed by atoms with van der Waals surface area (Å²) in [5.74, 6) is -0.732. The van der Waals surface area contributed by atoms with Crippen LogP contribution in [0.25, 0.3) is 0 Å². The molecule has 1 aromatic rings. The van der Waals surface area contributed by atoms with Gasteiger partial charge < -0.3 is 19.9 Å². The fraction of sp³-hybridized carbons (Fsp3) is 0.429. The Labute approximate surface area is 117 Å². The number of rotatable bonds is 7. The number of benzene rings is 1. The number of carbonyl (C=O) groups is 2. The molecular formula is C14H19NO5. The van der Waals surface area contributed by atoms with Crippen molar-refractivity contribution >= 4 is 17.6 Å². The van der Waals surface area contributed by atoms with Crippen LogP contribution in [0.5, 0.6) is 5.75 Å². The lowest BCUT2D eigenvalue weighted by Crippen LogP contribution is -2.32. The van der Waals surface area contributed by atoms with Crippen LogP contribution in [0.15, 0.2) is 24.3 Å². The molecule has 0 amide bonds. The molecule has 110 valence electrons. The molecule has 1 rings (SSSR count). The summed E-state index contributed by atoms with van der Waals surface area (Å²) in [5, 5.41) is 0. The third kappa shape index (κ3) is 5.17. The molecule has 6 nitrogen and oxygen atoms in total. The maximum atomic E-state index is 11.8. The topological polar surface area (TPSA) is 87.9 Å². The summed E-state index contributed by atoms with van der Waals surface area (Å²) in [6.45, 7) is 3.82. The average molecular weight is 281 g/mol. The predicted molar refractivity (Wildman–Crippen MR) is 73.2 cm³/mol.